The molecule has 1 fully saturated rings. The van der Waals surface area contributed by atoms with Gasteiger partial charge in [-0.1, -0.05) is 15.9 Å². The van der Waals surface area contributed by atoms with Gasteiger partial charge in [-0.2, -0.15) is 4.31 Å². The first-order valence-electron chi connectivity index (χ1n) is 6.12. The van der Waals surface area contributed by atoms with Crippen molar-refractivity contribution in [3.8, 4) is 0 Å². The van der Waals surface area contributed by atoms with Crippen molar-refractivity contribution in [2.75, 3.05) is 19.8 Å². The monoisotopic (exact) mass is 347 g/mol. The van der Waals surface area contributed by atoms with Gasteiger partial charge in [0.05, 0.1) is 23.6 Å². The number of ether oxygens (including phenoxy) is 1. The lowest BCUT2D eigenvalue weighted by Gasteiger charge is -2.40. The van der Waals surface area contributed by atoms with Crippen LogP contribution in [0.4, 0.5) is 0 Å². The van der Waals surface area contributed by atoms with Crippen LogP contribution in [0.15, 0.2) is 27.6 Å². The first-order chi connectivity index (χ1) is 8.75. The summed E-state index contributed by atoms with van der Waals surface area (Å²) in [7, 11) is -3.48. The van der Waals surface area contributed by atoms with E-state index >= 15 is 0 Å². The van der Waals surface area contributed by atoms with E-state index in [0.717, 1.165) is 10.0 Å². The smallest absolute Gasteiger partial charge is 0.243 e. The van der Waals surface area contributed by atoms with Gasteiger partial charge in [0.1, 0.15) is 0 Å². The molecule has 0 atom stereocenters. The van der Waals surface area contributed by atoms with Crippen LogP contribution < -0.4 is 0 Å². The van der Waals surface area contributed by atoms with Crippen molar-refractivity contribution in [2.45, 2.75) is 31.2 Å². The molecule has 19 heavy (non-hydrogen) atoms. The molecule has 0 amide bonds. The molecular weight excluding hydrogens is 330 g/mol. The van der Waals surface area contributed by atoms with E-state index in [9.17, 15) is 8.42 Å². The lowest BCUT2D eigenvalue weighted by Crippen LogP contribution is -2.55. The van der Waals surface area contributed by atoms with Gasteiger partial charge in [-0.05, 0) is 44.5 Å². The Kier molecular flexibility index (Phi) is 4.07. The summed E-state index contributed by atoms with van der Waals surface area (Å²) in [5.74, 6) is 0. The van der Waals surface area contributed by atoms with E-state index in [1.54, 1.807) is 18.2 Å². The van der Waals surface area contributed by atoms with Gasteiger partial charge < -0.3 is 4.74 Å². The number of rotatable bonds is 2. The van der Waals surface area contributed by atoms with Gasteiger partial charge in [-0.15, -0.1) is 0 Å². The molecule has 106 valence electrons. The van der Waals surface area contributed by atoms with Gasteiger partial charge in [0, 0.05) is 11.0 Å². The van der Waals surface area contributed by atoms with Gasteiger partial charge in [0.25, 0.3) is 0 Å². The Morgan fingerprint density at radius 3 is 2.63 bits per heavy atom. The van der Waals surface area contributed by atoms with Crippen LogP contribution in [0.5, 0.6) is 0 Å². The molecule has 0 unspecified atom stereocenters. The molecule has 0 N–H and O–H groups in total. The van der Waals surface area contributed by atoms with Gasteiger partial charge in [-0.25, -0.2) is 8.42 Å². The zero-order chi connectivity index (χ0) is 14.3. The highest BCUT2D eigenvalue weighted by atomic mass is 79.9. The minimum absolute atomic E-state index is 0.336. The van der Waals surface area contributed by atoms with Gasteiger partial charge in [0.15, 0.2) is 0 Å². The maximum atomic E-state index is 12.7. The Hall–Kier alpha value is -0.430. The van der Waals surface area contributed by atoms with Crippen molar-refractivity contribution in [2.24, 2.45) is 0 Å². The number of hydrogen-bond donors (Lipinski definition) is 0. The molecule has 1 aliphatic rings. The fraction of sp³-hybridized carbons (Fsp3) is 0.538. The van der Waals surface area contributed by atoms with Crippen LogP contribution in [0.3, 0.4) is 0 Å². The van der Waals surface area contributed by atoms with E-state index in [0.29, 0.717) is 24.7 Å². The van der Waals surface area contributed by atoms with Gasteiger partial charge in [-0.3, -0.25) is 0 Å². The number of morpholine rings is 1. The molecule has 0 saturated carbocycles. The van der Waals surface area contributed by atoms with Crippen LogP contribution in [-0.4, -0.2) is 38.0 Å². The number of benzene rings is 1. The third kappa shape index (κ3) is 2.86. The molecule has 1 aliphatic heterocycles. The summed E-state index contributed by atoms with van der Waals surface area (Å²) >= 11 is 3.39. The van der Waals surface area contributed by atoms with Crippen LogP contribution >= 0.6 is 15.9 Å². The van der Waals surface area contributed by atoms with Crippen LogP contribution in [0.1, 0.15) is 19.4 Å². The van der Waals surface area contributed by atoms with Crippen molar-refractivity contribution >= 4 is 26.0 Å². The van der Waals surface area contributed by atoms with E-state index in [1.165, 1.54) is 4.31 Å². The molecule has 4 nitrogen and oxygen atoms in total. The highest BCUT2D eigenvalue weighted by Crippen LogP contribution is 2.29. The van der Waals surface area contributed by atoms with Crippen molar-refractivity contribution in [3.63, 3.8) is 0 Å². The van der Waals surface area contributed by atoms with Gasteiger partial charge in [0.2, 0.25) is 10.0 Å². The first-order valence-corrected chi connectivity index (χ1v) is 8.35. The van der Waals surface area contributed by atoms with E-state index in [-0.39, 0.29) is 0 Å². The molecule has 0 aromatic heterocycles. The van der Waals surface area contributed by atoms with Crippen LogP contribution in [-0.2, 0) is 14.8 Å². The maximum Gasteiger partial charge on any atom is 0.243 e. The third-order valence-corrected chi connectivity index (χ3v) is 6.28. The molecule has 0 aliphatic carbocycles. The van der Waals surface area contributed by atoms with Crippen molar-refractivity contribution in [1.82, 2.24) is 4.31 Å². The Labute approximate surface area is 122 Å². The third-order valence-electron chi connectivity index (χ3n) is 3.29. The number of hydrogen-bond acceptors (Lipinski definition) is 3. The Bertz CT molecular complexity index is 584. The average molecular weight is 348 g/mol. The Balaban J connectivity index is 2.44. The van der Waals surface area contributed by atoms with Crippen LogP contribution in [0, 0.1) is 6.92 Å². The molecule has 1 aromatic carbocycles. The first kappa shape index (κ1) is 15.0. The Morgan fingerprint density at radius 2 is 2.05 bits per heavy atom. The van der Waals surface area contributed by atoms with Gasteiger partial charge >= 0.3 is 0 Å². The topological polar surface area (TPSA) is 46.6 Å². The van der Waals surface area contributed by atoms with Crippen molar-refractivity contribution in [3.05, 3.63) is 28.2 Å². The number of nitrogens with zero attached hydrogens (tertiary/aromatic N) is 1. The summed E-state index contributed by atoms with van der Waals surface area (Å²) in [4.78, 5) is 0.336. The fourth-order valence-corrected chi connectivity index (χ4v) is 4.28. The highest BCUT2D eigenvalue weighted by molar-refractivity contribution is 9.10. The molecule has 0 spiro atoms. The summed E-state index contributed by atoms with van der Waals surface area (Å²) < 4.78 is 33.3. The molecule has 1 aromatic rings. The number of sulfonamides is 1. The molecule has 6 heteroatoms. The molecule has 0 bridgehead atoms. The summed E-state index contributed by atoms with van der Waals surface area (Å²) in [6, 6.07) is 5.11. The van der Waals surface area contributed by atoms with E-state index in [2.05, 4.69) is 15.9 Å². The summed E-state index contributed by atoms with van der Waals surface area (Å²) in [6.07, 6.45) is 0. The quantitative estimate of drug-likeness (QED) is 0.825. The second-order valence-corrected chi connectivity index (χ2v) is 8.07. The standard InChI is InChI=1S/C13H18BrNO3S/c1-10-8-11(4-5-12(10)14)19(16,17)15-6-7-18-9-13(15,2)3/h4-5,8H,6-7,9H2,1-3H3. The molecule has 2 rings (SSSR count). The maximum absolute atomic E-state index is 12.7. The second-order valence-electron chi connectivity index (χ2n) is 5.35. The predicted molar refractivity (Wildman–Crippen MR) is 77.7 cm³/mol. The van der Waals surface area contributed by atoms with E-state index < -0.39 is 15.6 Å². The van der Waals surface area contributed by atoms with Crippen molar-refractivity contribution < 1.29 is 13.2 Å². The lowest BCUT2D eigenvalue weighted by molar-refractivity contribution is -0.00771. The molecule has 1 heterocycles. The summed E-state index contributed by atoms with van der Waals surface area (Å²) in [5.41, 5.74) is 0.394. The summed E-state index contributed by atoms with van der Waals surface area (Å²) in [5, 5.41) is 0. The van der Waals surface area contributed by atoms with E-state index in [1.807, 2.05) is 20.8 Å². The fourth-order valence-electron chi connectivity index (χ4n) is 2.19. The summed E-state index contributed by atoms with van der Waals surface area (Å²) in [6.45, 7) is 6.91. The lowest BCUT2D eigenvalue weighted by atomic mass is 10.1. The molecular formula is C13H18BrNO3S. The Morgan fingerprint density at radius 1 is 1.37 bits per heavy atom. The largest absolute Gasteiger partial charge is 0.378 e. The predicted octanol–water partition coefficient (Wildman–Crippen LogP) is 2.56. The minimum atomic E-state index is -3.48. The minimum Gasteiger partial charge on any atom is -0.378 e. The highest BCUT2D eigenvalue weighted by Gasteiger charge is 2.39. The SMILES string of the molecule is Cc1cc(S(=O)(=O)N2CCOCC2(C)C)ccc1Br. The van der Waals surface area contributed by atoms with Crippen molar-refractivity contribution in [1.29, 1.82) is 0 Å². The zero-order valence-corrected chi connectivity index (χ0v) is 13.7. The van der Waals surface area contributed by atoms with E-state index in [4.69, 9.17) is 4.74 Å². The molecule has 1 saturated heterocycles. The number of halogens is 1. The van der Waals surface area contributed by atoms with Crippen LogP contribution in [0.25, 0.3) is 0 Å². The second kappa shape index (κ2) is 5.16. The molecule has 0 radical (unpaired) electrons. The normalized spacial score (nSPS) is 20.4. The average Bonchev–Trinajstić information content (AvgIpc) is 2.31. The zero-order valence-electron chi connectivity index (χ0n) is 11.3. The van der Waals surface area contributed by atoms with Crippen LogP contribution in [0.2, 0.25) is 0 Å². The number of aryl methyl sites for hydroxylation is 1.